The van der Waals surface area contributed by atoms with Crippen molar-refractivity contribution in [3.8, 4) is 0 Å². The molecule has 0 amide bonds. The molecule has 1 saturated heterocycles. The number of aromatic nitrogens is 1. The number of pyridine rings is 1. The van der Waals surface area contributed by atoms with Gasteiger partial charge >= 0.3 is 5.97 Å². The summed E-state index contributed by atoms with van der Waals surface area (Å²) in [5, 5.41) is 0. The molecular formula is C15H23N3O2. The number of carbonyl (C=O) groups excluding carboxylic acids is 1. The number of hydrogen-bond acceptors (Lipinski definition) is 5. The molecule has 0 N–H and O–H groups in total. The highest BCUT2D eigenvalue weighted by Crippen LogP contribution is 2.16. The molecule has 0 bridgehead atoms. The van der Waals surface area contributed by atoms with E-state index in [0.29, 0.717) is 11.6 Å². The number of rotatable bonds is 4. The van der Waals surface area contributed by atoms with Crippen molar-refractivity contribution in [3.63, 3.8) is 0 Å². The van der Waals surface area contributed by atoms with Gasteiger partial charge in [0.1, 0.15) is 0 Å². The fourth-order valence-corrected chi connectivity index (χ4v) is 2.58. The van der Waals surface area contributed by atoms with E-state index in [2.05, 4.69) is 33.6 Å². The lowest BCUT2D eigenvalue weighted by Gasteiger charge is -2.34. The van der Waals surface area contributed by atoms with Gasteiger partial charge in [-0.2, -0.15) is 0 Å². The topological polar surface area (TPSA) is 45.7 Å². The normalized spacial score (nSPS) is 17.4. The van der Waals surface area contributed by atoms with Gasteiger partial charge in [-0.05, 0) is 52.2 Å². The van der Waals surface area contributed by atoms with E-state index in [-0.39, 0.29) is 5.97 Å². The lowest BCUT2D eigenvalue weighted by molar-refractivity contribution is 0.0600. The lowest BCUT2D eigenvalue weighted by atomic mass is 10.0. The van der Waals surface area contributed by atoms with Crippen molar-refractivity contribution >= 4 is 5.97 Å². The third-order valence-corrected chi connectivity index (χ3v) is 3.97. The quantitative estimate of drug-likeness (QED) is 0.778. The summed E-state index contributed by atoms with van der Waals surface area (Å²) in [5.74, 6) is -0.340. The number of likely N-dealkylation sites (tertiary alicyclic amines) is 1. The Morgan fingerprint density at radius 2 is 2.15 bits per heavy atom. The number of esters is 1. The minimum absolute atomic E-state index is 0.340. The van der Waals surface area contributed by atoms with Gasteiger partial charge in [-0.25, -0.2) is 4.79 Å². The highest BCUT2D eigenvalue weighted by atomic mass is 16.5. The summed E-state index contributed by atoms with van der Waals surface area (Å²) in [4.78, 5) is 20.4. The van der Waals surface area contributed by atoms with Crippen LogP contribution in [0, 0.1) is 0 Å². The Morgan fingerprint density at radius 3 is 2.70 bits per heavy atom. The van der Waals surface area contributed by atoms with Crippen LogP contribution in [0.2, 0.25) is 0 Å². The number of piperidine rings is 1. The average molecular weight is 277 g/mol. The van der Waals surface area contributed by atoms with E-state index in [1.807, 2.05) is 6.07 Å². The van der Waals surface area contributed by atoms with Crippen LogP contribution in [0.4, 0.5) is 0 Å². The Bertz CT molecular complexity index is 439. The van der Waals surface area contributed by atoms with Crippen LogP contribution in [0.3, 0.4) is 0 Å². The van der Waals surface area contributed by atoms with Crippen LogP contribution in [0.25, 0.3) is 0 Å². The Hall–Kier alpha value is -1.46. The molecule has 0 saturated carbocycles. The summed E-state index contributed by atoms with van der Waals surface area (Å²) in [7, 11) is 5.69. The zero-order chi connectivity index (χ0) is 14.5. The summed E-state index contributed by atoms with van der Waals surface area (Å²) in [6, 6.07) is 4.29. The molecule has 0 aliphatic carbocycles. The number of ether oxygens (including phenoxy) is 1. The molecule has 0 unspecified atom stereocenters. The molecule has 1 aliphatic rings. The second-order valence-corrected chi connectivity index (χ2v) is 5.48. The van der Waals surface area contributed by atoms with Gasteiger partial charge in [-0.1, -0.05) is 0 Å². The fourth-order valence-electron chi connectivity index (χ4n) is 2.58. The fraction of sp³-hybridized carbons (Fsp3) is 0.600. The van der Waals surface area contributed by atoms with Gasteiger partial charge in [0.25, 0.3) is 0 Å². The van der Waals surface area contributed by atoms with Gasteiger partial charge in [-0.15, -0.1) is 0 Å². The van der Waals surface area contributed by atoms with Gasteiger partial charge in [0, 0.05) is 18.8 Å². The minimum Gasteiger partial charge on any atom is -0.465 e. The first-order valence-electron chi connectivity index (χ1n) is 7.02. The predicted octanol–water partition coefficient (Wildman–Crippen LogP) is 1.39. The van der Waals surface area contributed by atoms with Crippen LogP contribution in [0.15, 0.2) is 18.3 Å². The molecule has 0 aromatic carbocycles. The van der Waals surface area contributed by atoms with Crippen LogP contribution < -0.4 is 0 Å². The third kappa shape index (κ3) is 3.77. The van der Waals surface area contributed by atoms with Crippen LogP contribution in [0.5, 0.6) is 0 Å². The Balaban J connectivity index is 1.91. The summed E-state index contributed by atoms with van der Waals surface area (Å²) in [5.41, 5.74) is 1.48. The van der Waals surface area contributed by atoms with E-state index < -0.39 is 0 Å². The Labute approximate surface area is 120 Å². The predicted molar refractivity (Wildman–Crippen MR) is 77.6 cm³/mol. The third-order valence-electron chi connectivity index (χ3n) is 3.97. The lowest BCUT2D eigenvalue weighted by Crippen LogP contribution is -2.41. The summed E-state index contributed by atoms with van der Waals surface area (Å²) in [6.07, 6.45) is 3.99. The highest BCUT2D eigenvalue weighted by Gasteiger charge is 2.20. The summed E-state index contributed by atoms with van der Waals surface area (Å²) >= 11 is 0. The maximum absolute atomic E-state index is 11.3. The van der Waals surface area contributed by atoms with Crippen molar-refractivity contribution in [3.05, 3.63) is 29.6 Å². The molecular weight excluding hydrogens is 254 g/mol. The molecule has 5 heteroatoms. The first-order chi connectivity index (χ1) is 9.60. The monoisotopic (exact) mass is 277 g/mol. The Kier molecular flexibility index (Phi) is 5.09. The first kappa shape index (κ1) is 14.9. The molecule has 1 aromatic heterocycles. The number of carbonyl (C=O) groups is 1. The van der Waals surface area contributed by atoms with Crippen molar-refractivity contribution in [1.29, 1.82) is 0 Å². The van der Waals surface area contributed by atoms with Gasteiger partial charge < -0.3 is 9.64 Å². The number of methoxy groups -OCH3 is 1. The summed E-state index contributed by atoms with van der Waals surface area (Å²) in [6.45, 7) is 3.13. The highest BCUT2D eigenvalue weighted by molar-refractivity contribution is 5.88. The van der Waals surface area contributed by atoms with Crippen molar-refractivity contribution < 1.29 is 9.53 Å². The Morgan fingerprint density at radius 1 is 1.45 bits per heavy atom. The number of hydrogen-bond donors (Lipinski definition) is 0. The summed E-state index contributed by atoms with van der Waals surface area (Å²) < 4.78 is 4.67. The standard InChI is InChI=1S/C15H23N3O2/c1-17-8-6-14(7-9-17)18(2)11-13-5-4-12(10-16-13)15(19)20-3/h4-5,10,14H,6-9,11H2,1-3H3. The average Bonchev–Trinajstić information content (AvgIpc) is 2.48. The zero-order valence-corrected chi connectivity index (χ0v) is 12.5. The molecule has 2 rings (SSSR count). The van der Waals surface area contributed by atoms with Gasteiger partial charge in [0.05, 0.1) is 18.4 Å². The van der Waals surface area contributed by atoms with Crippen LogP contribution in [-0.4, -0.2) is 61.1 Å². The maximum atomic E-state index is 11.3. The van der Waals surface area contributed by atoms with E-state index in [4.69, 9.17) is 0 Å². The molecule has 0 spiro atoms. The van der Waals surface area contributed by atoms with E-state index in [1.165, 1.54) is 20.0 Å². The molecule has 5 nitrogen and oxygen atoms in total. The smallest absolute Gasteiger partial charge is 0.339 e. The van der Waals surface area contributed by atoms with Gasteiger partial charge in [0.2, 0.25) is 0 Å². The van der Waals surface area contributed by atoms with Crippen LogP contribution in [-0.2, 0) is 11.3 Å². The molecule has 1 aliphatic heterocycles. The molecule has 0 radical (unpaired) electrons. The number of nitrogens with zero attached hydrogens (tertiary/aromatic N) is 3. The van der Waals surface area contributed by atoms with Crippen molar-refractivity contribution in [2.75, 3.05) is 34.3 Å². The molecule has 1 fully saturated rings. The van der Waals surface area contributed by atoms with Crippen molar-refractivity contribution in [1.82, 2.24) is 14.8 Å². The molecule has 110 valence electrons. The zero-order valence-electron chi connectivity index (χ0n) is 12.5. The van der Waals surface area contributed by atoms with Crippen molar-refractivity contribution in [2.45, 2.75) is 25.4 Å². The van der Waals surface area contributed by atoms with E-state index in [0.717, 1.165) is 25.3 Å². The molecule has 20 heavy (non-hydrogen) atoms. The van der Waals surface area contributed by atoms with Gasteiger partial charge in [0.15, 0.2) is 0 Å². The van der Waals surface area contributed by atoms with E-state index in [1.54, 1.807) is 12.3 Å². The molecule has 1 aromatic rings. The molecule has 2 heterocycles. The SMILES string of the molecule is COC(=O)c1ccc(CN(C)C2CCN(C)CC2)nc1. The second kappa shape index (κ2) is 6.81. The van der Waals surface area contributed by atoms with E-state index in [9.17, 15) is 4.79 Å². The van der Waals surface area contributed by atoms with Crippen LogP contribution >= 0.6 is 0 Å². The van der Waals surface area contributed by atoms with Gasteiger partial charge in [-0.3, -0.25) is 9.88 Å². The first-order valence-corrected chi connectivity index (χ1v) is 7.02. The van der Waals surface area contributed by atoms with Crippen molar-refractivity contribution in [2.24, 2.45) is 0 Å². The maximum Gasteiger partial charge on any atom is 0.339 e. The largest absolute Gasteiger partial charge is 0.465 e. The molecule has 0 atom stereocenters. The second-order valence-electron chi connectivity index (χ2n) is 5.48. The van der Waals surface area contributed by atoms with E-state index >= 15 is 0 Å². The minimum atomic E-state index is -0.340. The van der Waals surface area contributed by atoms with Crippen LogP contribution in [0.1, 0.15) is 28.9 Å².